The van der Waals surface area contributed by atoms with E-state index in [1.54, 1.807) is 24.3 Å². The van der Waals surface area contributed by atoms with E-state index in [0.29, 0.717) is 4.90 Å². The van der Waals surface area contributed by atoms with Gasteiger partial charge >= 0.3 is 0 Å². The van der Waals surface area contributed by atoms with Gasteiger partial charge in [-0.25, -0.2) is 18.4 Å². The van der Waals surface area contributed by atoms with Crippen molar-refractivity contribution in [3.63, 3.8) is 0 Å². The molecule has 7 heteroatoms. The zero-order chi connectivity index (χ0) is 14.8. The van der Waals surface area contributed by atoms with Crippen LogP contribution < -0.4 is 0 Å². The number of hydrogen-bond acceptors (Lipinski definition) is 5. The van der Waals surface area contributed by atoms with E-state index < -0.39 is 9.84 Å². The van der Waals surface area contributed by atoms with Gasteiger partial charge in [0.25, 0.3) is 0 Å². The average molecular weight is 373 g/mol. The van der Waals surface area contributed by atoms with Crippen LogP contribution in [0, 0.1) is 0 Å². The van der Waals surface area contributed by atoms with Crippen molar-refractivity contribution in [3.05, 3.63) is 40.8 Å². The van der Waals surface area contributed by atoms with E-state index in [0.717, 1.165) is 26.8 Å². The maximum Gasteiger partial charge on any atom is 0.175 e. The first kappa shape index (κ1) is 15.5. The molecule has 0 saturated carbocycles. The number of sulfone groups is 1. The normalized spacial score (nSPS) is 11.6. The second-order valence-electron chi connectivity index (χ2n) is 4.14. The molecule has 0 bridgehead atoms. The molecule has 4 nitrogen and oxygen atoms in total. The number of benzene rings is 1. The zero-order valence-corrected chi connectivity index (χ0v) is 14.2. The smallest absolute Gasteiger partial charge is 0.175 e. The van der Waals surface area contributed by atoms with Gasteiger partial charge in [-0.1, -0.05) is 18.7 Å². The topological polar surface area (TPSA) is 59.9 Å². The molecule has 0 radical (unpaired) electrons. The van der Waals surface area contributed by atoms with E-state index in [1.165, 1.54) is 18.0 Å². The first-order valence-electron chi connectivity index (χ1n) is 5.90. The van der Waals surface area contributed by atoms with Crippen LogP contribution in [0.15, 0.2) is 49.8 Å². The van der Waals surface area contributed by atoms with E-state index in [2.05, 4.69) is 25.9 Å². The monoisotopic (exact) mass is 372 g/mol. The van der Waals surface area contributed by atoms with Gasteiger partial charge < -0.3 is 0 Å². The lowest BCUT2D eigenvalue weighted by Gasteiger charge is -2.04. The SMILES string of the molecule is CCc1nc(Br)cc(Sc2ccc(S(C)(=O)=O)cc2)n1. The van der Waals surface area contributed by atoms with Crippen LogP contribution in [0.1, 0.15) is 12.7 Å². The van der Waals surface area contributed by atoms with Gasteiger partial charge in [0.15, 0.2) is 9.84 Å². The number of halogens is 1. The molecule has 0 atom stereocenters. The molecule has 20 heavy (non-hydrogen) atoms. The highest BCUT2D eigenvalue weighted by Gasteiger charge is 2.08. The van der Waals surface area contributed by atoms with Crippen LogP contribution in [0.3, 0.4) is 0 Å². The van der Waals surface area contributed by atoms with Gasteiger partial charge in [0.2, 0.25) is 0 Å². The van der Waals surface area contributed by atoms with Gasteiger partial charge in [-0.15, -0.1) is 0 Å². The molecule has 0 spiro atoms. The standard InChI is InChI=1S/C13H13BrN2O2S2/c1-3-12-15-11(14)8-13(16-12)19-9-4-6-10(7-5-9)20(2,17)18/h4-8H,3H2,1-2H3. The molecule has 0 aliphatic rings. The molecule has 0 unspecified atom stereocenters. The molecule has 2 aromatic rings. The summed E-state index contributed by atoms with van der Waals surface area (Å²) in [6.07, 6.45) is 1.96. The van der Waals surface area contributed by atoms with Crippen molar-refractivity contribution in [1.82, 2.24) is 9.97 Å². The third-order valence-corrected chi connectivity index (χ3v) is 4.97. The minimum atomic E-state index is -3.15. The summed E-state index contributed by atoms with van der Waals surface area (Å²) in [5.74, 6) is 0.773. The van der Waals surface area contributed by atoms with E-state index in [1.807, 2.05) is 13.0 Å². The Morgan fingerprint density at radius 3 is 2.40 bits per heavy atom. The number of nitrogens with zero attached hydrogens (tertiary/aromatic N) is 2. The summed E-state index contributed by atoms with van der Waals surface area (Å²) in [4.78, 5) is 9.93. The van der Waals surface area contributed by atoms with E-state index in [-0.39, 0.29) is 0 Å². The lowest BCUT2D eigenvalue weighted by atomic mass is 10.4. The van der Waals surface area contributed by atoms with Crippen LogP contribution in [0.2, 0.25) is 0 Å². The van der Waals surface area contributed by atoms with Crippen LogP contribution in [-0.2, 0) is 16.3 Å². The van der Waals surface area contributed by atoms with Crippen molar-refractivity contribution in [3.8, 4) is 0 Å². The minimum absolute atomic E-state index is 0.319. The molecule has 2 rings (SSSR count). The zero-order valence-electron chi connectivity index (χ0n) is 11.0. The lowest BCUT2D eigenvalue weighted by molar-refractivity contribution is 0.602. The number of aromatic nitrogens is 2. The second-order valence-corrected chi connectivity index (χ2v) is 8.07. The van der Waals surface area contributed by atoms with Crippen LogP contribution in [-0.4, -0.2) is 24.6 Å². The number of hydrogen-bond donors (Lipinski definition) is 0. The van der Waals surface area contributed by atoms with Crippen LogP contribution in [0.4, 0.5) is 0 Å². The van der Waals surface area contributed by atoms with Crippen molar-refractivity contribution in [2.45, 2.75) is 28.2 Å². The molecule has 0 aliphatic heterocycles. The maximum atomic E-state index is 11.4. The summed E-state index contributed by atoms with van der Waals surface area (Å²) in [6.45, 7) is 2.00. The maximum absolute atomic E-state index is 11.4. The highest BCUT2D eigenvalue weighted by molar-refractivity contribution is 9.10. The summed E-state index contributed by atoms with van der Waals surface area (Å²) in [7, 11) is -3.15. The molecule has 106 valence electrons. The Bertz CT molecular complexity index is 716. The molecule has 1 heterocycles. The molecule has 0 aliphatic carbocycles. The van der Waals surface area contributed by atoms with Crippen LogP contribution in [0.25, 0.3) is 0 Å². The molecule has 1 aromatic carbocycles. The summed E-state index contributed by atoms with van der Waals surface area (Å²) in [5, 5.41) is 0.829. The average Bonchev–Trinajstić information content (AvgIpc) is 2.37. The first-order chi connectivity index (χ1) is 9.38. The van der Waals surface area contributed by atoms with Crippen molar-refractivity contribution in [2.24, 2.45) is 0 Å². The van der Waals surface area contributed by atoms with Gasteiger partial charge in [-0.3, -0.25) is 0 Å². The first-order valence-corrected chi connectivity index (χ1v) is 9.40. The Kier molecular flexibility index (Phi) is 4.82. The van der Waals surface area contributed by atoms with Crippen molar-refractivity contribution < 1.29 is 8.42 Å². The summed E-state index contributed by atoms with van der Waals surface area (Å²) >= 11 is 4.84. The molecule has 0 N–H and O–H groups in total. The Labute approximate surface area is 131 Å². The summed E-state index contributed by atoms with van der Waals surface area (Å²) < 4.78 is 23.5. The minimum Gasteiger partial charge on any atom is -0.226 e. The van der Waals surface area contributed by atoms with E-state index in [9.17, 15) is 8.42 Å². The third kappa shape index (κ3) is 4.04. The molecule has 0 fully saturated rings. The van der Waals surface area contributed by atoms with Gasteiger partial charge in [0, 0.05) is 23.6 Å². The Hall–Kier alpha value is -0.920. The highest BCUT2D eigenvalue weighted by atomic mass is 79.9. The number of rotatable bonds is 4. The second kappa shape index (κ2) is 6.24. The van der Waals surface area contributed by atoms with Crippen LogP contribution in [0.5, 0.6) is 0 Å². The third-order valence-electron chi connectivity index (χ3n) is 2.51. The van der Waals surface area contributed by atoms with Gasteiger partial charge in [0.05, 0.1) is 4.90 Å². The molecular weight excluding hydrogens is 360 g/mol. The largest absolute Gasteiger partial charge is 0.226 e. The lowest BCUT2D eigenvalue weighted by Crippen LogP contribution is -1.96. The summed E-state index contributed by atoms with van der Waals surface area (Å²) in [6, 6.07) is 8.61. The fraction of sp³-hybridized carbons (Fsp3) is 0.231. The van der Waals surface area contributed by atoms with Crippen molar-refractivity contribution in [2.75, 3.05) is 6.26 Å². The molecular formula is C13H13BrN2O2S2. The van der Waals surface area contributed by atoms with Gasteiger partial charge in [-0.2, -0.15) is 0 Å². The van der Waals surface area contributed by atoms with E-state index >= 15 is 0 Å². The molecule has 0 saturated heterocycles. The summed E-state index contributed by atoms with van der Waals surface area (Å²) in [5.41, 5.74) is 0. The Morgan fingerprint density at radius 1 is 1.20 bits per heavy atom. The fourth-order valence-corrected chi connectivity index (χ4v) is 3.57. The molecule has 1 aromatic heterocycles. The fourth-order valence-electron chi connectivity index (χ4n) is 1.53. The molecule has 0 amide bonds. The highest BCUT2D eigenvalue weighted by Crippen LogP contribution is 2.28. The van der Waals surface area contributed by atoms with E-state index in [4.69, 9.17) is 0 Å². The van der Waals surface area contributed by atoms with Crippen molar-refractivity contribution in [1.29, 1.82) is 0 Å². The Balaban J connectivity index is 2.24. The Morgan fingerprint density at radius 2 is 1.85 bits per heavy atom. The van der Waals surface area contributed by atoms with Crippen LogP contribution >= 0.6 is 27.7 Å². The van der Waals surface area contributed by atoms with Gasteiger partial charge in [-0.05, 0) is 40.2 Å². The van der Waals surface area contributed by atoms with Crippen molar-refractivity contribution >= 4 is 37.5 Å². The van der Waals surface area contributed by atoms with Gasteiger partial charge in [0.1, 0.15) is 15.5 Å². The predicted octanol–water partition coefficient (Wildman–Crippen LogP) is 3.36. The number of aryl methyl sites for hydroxylation is 1. The quantitative estimate of drug-likeness (QED) is 0.770. The predicted molar refractivity (Wildman–Crippen MR) is 82.8 cm³/mol.